The van der Waals surface area contributed by atoms with Crippen LogP contribution >= 0.6 is 0 Å². The van der Waals surface area contributed by atoms with Gasteiger partial charge in [-0.3, -0.25) is 9.59 Å². The number of hydrogen-bond donors (Lipinski definition) is 1. The van der Waals surface area contributed by atoms with Crippen molar-refractivity contribution in [3.63, 3.8) is 0 Å². The Morgan fingerprint density at radius 3 is 2.59 bits per heavy atom. The van der Waals surface area contributed by atoms with Gasteiger partial charge in [0.1, 0.15) is 11.3 Å². The van der Waals surface area contributed by atoms with E-state index in [-0.39, 0.29) is 17.9 Å². The monoisotopic (exact) mass is 435 g/mol. The van der Waals surface area contributed by atoms with Crippen molar-refractivity contribution in [3.8, 4) is 5.75 Å². The van der Waals surface area contributed by atoms with Gasteiger partial charge in [0.15, 0.2) is 5.65 Å². The van der Waals surface area contributed by atoms with Crippen molar-refractivity contribution in [3.05, 3.63) is 58.5 Å². The van der Waals surface area contributed by atoms with Gasteiger partial charge in [0.25, 0.3) is 5.91 Å². The van der Waals surface area contributed by atoms with Crippen LogP contribution in [0.5, 0.6) is 5.75 Å². The summed E-state index contributed by atoms with van der Waals surface area (Å²) >= 11 is 0. The van der Waals surface area contributed by atoms with Crippen LogP contribution in [-0.2, 0) is 11.2 Å². The van der Waals surface area contributed by atoms with Gasteiger partial charge < -0.3 is 15.0 Å². The van der Waals surface area contributed by atoms with Gasteiger partial charge in [0.2, 0.25) is 5.91 Å². The second-order valence-corrected chi connectivity index (χ2v) is 8.35. The third kappa shape index (κ3) is 4.30. The highest BCUT2D eigenvalue weighted by Crippen LogP contribution is 2.21. The zero-order valence-electron chi connectivity index (χ0n) is 19.0. The van der Waals surface area contributed by atoms with Gasteiger partial charge >= 0.3 is 0 Å². The average Bonchev–Trinajstić information content (AvgIpc) is 3.10. The summed E-state index contributed by atoms with van der Waals surface area (Å²) in [6.45, 7) is 6.92. The molecule has 3 aromatic rings. The molecular formula is C24H29N5O3. The largest absolute Gasteiger partial charge is 0.496 e. The van der Waals surface area contributed by atoms with Crippen molar-refractivity contribution < 1.29 is 14.3 Å². The summed E-state index contributed by atoms with van der Waals surface area (Å²) in [5.74, 6) is 0.646. The van der Waals surface area contributed by atoms with E-state index in [1.165, 1.54) is 0 Å². The number of hydrogen-bond acceptors (Lipinski definition) is 5. The van der Waals surface area contributed by atoms with Crippen LogP contribution in [0.2, 0.25) is 0 Å². The highest BCUT2D eigenvalue weighted by atomic mass is 16.5. The lowest BCUT2D eigenvalue weighted by molar-refractivity contribution is -0.131. The second kappa shape index (κ2) is 8.98. The van der Waals surface area contributed by atoms with Crippen LogP contribution in [0.3, 0.4) is 0 Å². The Morgan fingerprint density at radius 1 is 1.16 bits per heavy atom. The van der Waals surface area contributed by atoms with Gasteiger partial charge in [-0.15, -0.1) is 0 Å². The topological polar surface area (TPSA) is 88.8 Å². The lowest BCUT2D eigenvalue weighted by Crippen LogP contribution is -2.47. The summed E-state index contributed by atoms with van der Waals surface area (Å²) < 4.78 is 7.07. The molecule has 32 heavy (non-hydrogen) atoms. The molecule has 1 fully saturated rings. The van der Waals surface area contributed by atoms with E-state index in [9.17, 15) is 9.59 Å². The quantitative estimate of drug-likeness (QED) is 0.666. The van der Waals surface area contributed by atoms with Crippen molar-refractivity contribution in [2.24, 2.45) is 0 Å². The highest BCUT2D eigenvalue weighted by Gasteiger charge is 2.27. The van der Waals surface area contributed by atoms with E-state index in [1.54, 1.807) is 11.6 Å². The molecule has 0 radical (unpaired) electrons. The maximum atomic E-state index is 13.1. The van der Waals surface area contributed by atoms with E-state index in [4.69, 9.17) is 4.74 Å². The third-order valence-electron chi connectivity index (χ3n) is 6.01. The number of aryl methyl sites for hydroxylation is 3. The molecule has 2 aromatic heterocycles. The fourth-order valence-electron chi connectivity index (χ4n) is 4.35. The average molecular weight is 436 g/mol. The molecule has 0 unspecified atom stereocenters. The number of methoxy groups -OCH3 is 1. The number of para-hydroxylation sites is 1. The van der Waals surface area contributed by atoms with Gasteiger partial charge in [-0.05, 0) is 45.7 Å². The maximum Gasteiger partial charge on any atom is 0.257 e. The number of fused-ring (bicyclic) bond motifs is 1. The molecule has 1 saturated heterocycles. The summed E-state index contributed by atoms with van der Waals surface area (Å²) in [6, 6.07) is 9.54. The molecule has 168 valence electrons. The number of nitrogens with one attached hydrogen (secondary N) is 1. The zero-order chi connectivity index (χ0) is 22.8. The Hall–Kier alpha value is -3.42. The smallest absolute Gasteiger partial charge is 0.257 e. The molecule has 8 heteroatoms. The van der Waals surface area contributed by atoms with Gasteiger partial charge in [-0.2, -0.15) is 5.10 Å². The normalized spacial score (nSPS) is 14.6. The number of benzene rings is 1. The Kier molecular flexibility index (Phi) is 6.12. The van der Waals surface area contributed by atoms with Crippen molar-refractivity contribution >= 4 is 17.5 Å². The summed E-state index contributed by atoms with van der Waals surface area (Å²) in [4.78, 5) is 32.2. The minimum Gasteiger partial charge on any atom is -0.496 e. The third-order valence-corrected chi connectivity index (χ3v) is 6.01. The fraction of sp³-hybridized carbons (Fsp3) is 0.417. The van der Waals surface area contributed by atoms with E-state index < -0.39 is 0 Å². The fourth-order valence-corrected chi connectivity index (χ4v) is 4.35. The number of ether oxygens (including phenoxy) is 1. The summed E-state index contributed by atoms with van der Waals surface area (Å²) in [7, 11) is 1.61. The Morgan fingerprint density at radius 2 is 1.88 bits per heavy atom. The Bertz CT molecular complexity index is 1160. The molecule has 0 saturated carbocycles. The zero-order valence-corrected chi connectivity index (χ0v) is 19.0. The van der Waals surface area contributed by atoms with Crippen LogP contribution in [0.1, 0.15) is 45.8 Å². The SMILES string of the molecule is COc1ccccc1CC(=O)N1CCC(NC(=O)c2c(C)nn3c(C)cc(C)nc23)CC1. The summed E-state index contributed by atoms with van der Waals surface area (Å²) in [6.07, 6.45) is 1.74. The molecule has 8 nitrogen and oxygen atoms in total. The molecule has 1 N–H and O–H groups in total. The van der Waals surface area contributed by atoms with E-state index in [0.717, 1.165) is 22.7 Å². The number of piperidine rings is 1. The molecule has 1 aliphatic heterocycles. The van der Waals surface area contributed by atoms with Crippen LogP contribution < -0.4 is 10.1 Å². The summed E-state index contributed by atoms with van der Waals surface area (Å²) in [5, 5.41) is 7.62. The van der Waals surface area contributed by atoms with E-state index in [0.29, 0.717) is 49.3 Å². The molecule has 0 bridgehead atoms. The van der Waals surface area contributed by atoms with E-state index in [2.05, 4.69) is 15.4 Å². The number of amides is 2. The molecule has 0 spiro atoms. The standard InChI is InChI=1S/C24H29N5O3/c1-15-13-16(2)29-23(25-15)22(17(3)27-29)24(31)26-19-9-11-28(12-10-19)21(30)14-18-7-5-6-8-20(18)32-4/h5-8,13,19H,9-12,14H2,1-4H3,(H,26,31). The van der Waals surface area contributed by atoms with Crippen LogP contribution in [-0.4, -0.2) is 57.6 Å². The highest BCUT2D eigenvalue weighted by molar-refractivity contribution is 6.01. The van der Waals surface area contributed by atoms with Crippen molar-refractivity contribution in [1.82, 2.24) is 24.8 Å². The number of aromatic nitrogens is 3. The van der Waals surface area contributed by atoms with Gasteiger partial charge in [0, 0.05) is 36.1 Å². The first kappa shape index (κ1) is 21.8. The lowest BCUT2D eigenvalue weighted by atomic mass is 10.0. The number of rotatable bonds is 5. The van der Waals surface area contributed by atoms with Crippen molar-refractivity contribution in [2.45, 2.75) is 46.1 Å². The van der Waals surface area contributed by atoms with Gasteiger partial charge in [-0.1, -0.05) is 18.2 Å². The Labute approximate surface area is 187 Å². The second-order valence-electron chi connectivity index (χ2n) is 8.35. The molecule has 4 rings (SSSR count). The minimum atomic E-state index is -0.159. The predicted molar refractivity (Wildman–Crippen MR) is 121 cm³/mol. The lowest BCUT2D eigenvalue weighted by Gasteiger charge is -2.32. The maximum absolute atomic E-state index is 13.1. The molecule has 1 aromatic carbocycles. The molecular weight excluding hydrogens is 406 g/mol. The number of carbonyl (C=O) groups is 2. The minimum absolute atomic E-state index is 0.0121. The molecule has 0 atom stereocenters. The van der Waals surface area contributed by atoms with E-state index >= 15 is 0 Å². The first-order valence-electron chi connectivity index (χ1n) is 10.9. The van der Waals surface area contributed by atoms with E-state index in [1.807, 2.05) is 56.0 Å². The van der Waals surface area contributed by atoms with Crippen molar-refractivity contribution in [1.29, 1.82) is 0 Å². The number of carbonyl (C=O) groups excluding carboxylic acids is 2. The van der Waals surface area contributed by atoms with Crippen LogP contribution in [0.15, 0.2) is 30.3 Å². The molecule has 3 heterocycles. The summed E-state index contributed by atoms with van der Waals surface area (Å²) in [5.41, 5.74) is 4.45. The molecule has 1 aliphatic rings. The van der Waals surface area contributed by atoms with Crippen LogP contribution in [0.4, 0.5) is 0 Å². The van der Waals surface area contributed by atoms with Crippen LogP contribution in [0, 0.1) is 20.8 Å². The first-order chi connectivity index (χ1) is 15.4. The number of likely N-dealkylation sites (tertiary alicyclic amines) is 1. The van der Waals surface area contributed by atoms with Crippen LogP contribution in [0.25, 0.3) is 5.65 Å². The first-order valence-corrected chi connectivity index (χ1v) is 10.9. The van der Waals surface area contributed by atoms with Gasteiger partial charge in [0.05, 0.1) is 19.2 Å². The van der Waals surface area contributed by atoms with Crippen molar-refractivity contribution in [2.75, 3.05) is 20.2 Å². The number of nitrogens with zero attached hydrogens (tertiary/aromatic N) is 4. The molecule has 0 aliphatic carbocycles. The predicted octanol–water partition coefficient (Wildman–Crippen LogP) is 2.63. The molecule has 2 amide bonds. The van der Waals surface area contributed by atoms with Gasteiger partial charge in [-0.25, -0.2) is 9.50 Å². The Balaban J connectivity index is 1.38.